The van der Waals surface area contributed by atoms with Crippen LogP contribution in [0, 0.1) is 17.0 Å². The summed E-state index contributed by atoms with van der Waals surface area (Å²) in [6, 6.07) is 5.85. The number of nitrogens with one attached hydrogen (secondary N) is 1. The monoisotopic (exact) mass is 288 g/mol. The molecule has 2 aromatic heterocycles. The van der Waals surface area contributed by atoms with E-state index in [9.17, 15) is 14.9 Å². The highest BCUT2D eigenvalue weighted by molar-refractivity contribution is 5.86. The van der Waals surface area contributed by atoms with Crippen LogP contribution >= 0.6 is 0 Å². The molecule has 2 heterocycles. The third-order valence-electron chi connectivity index (χ3n) is 2.83. The van der Waals surface area contributed by atoms with E-state index in [1.807, 2.05) is 13.0 Å². The predicted octanol–water partition coefficient (Wildman–Crippen LogP) is 2.00. The summed E-state index contributed by atoms with van der Waals surface area (Å²) >= 11 is 0. The standard InChI is InChI=1S/C13H12N4O4/c1-8-3-2-6-14-10(8)7-15-12-11(17(20)21)5-4-9(16-12)13(18)19/h2-6H,7H2,1H3,(H,15,16)(H,18,19). The Morgan fingerprint density at radius 2 is 2.19 bits per heavy atom. The van der Waals surface area contributed by atoms with Gasteiger partial charge in [0, 0.05) is 12.3 Å². The molecule has 2 aromatic rings. The molecular weight excluding hydrogens is 276 g/mol. The summed E-state index contributed by atoms with van der Waals surface area (Å²) in [5, 5.41) is 22.6. The van der Waals surface area contributed by atoms with Crippen LogP contribution in [0.2, 0.25) is 0 Å². The third kappa shape index (κ3) is 3.30. The molecule has 0 saturated heterocycles. The maximum atomic E-state index is 10.9. The molecule has 0 amide bonds. The van der Waals surface area contributed by atoms with Gasteiger partial charge in [0.15, 0.2) is 5.69 Å². The molecular formula is C13H12N4O4. The fraction of sp³-hybridized carbons (Fsp3) is 0.154. The van der Waals surface area contributed by atoms with Crippen LogP contribution in [0.15, 0.2) is 30.5 Å². The number of aryl methyl sites for hydroxylation is 1. The number of hydrogen-bond acceptors (Lipinski definition) is 6. The molecule has 0 atom stereocenters. The number of aromatic nitrogens is 2. The summed E-state index contributed by atoms with van der Waals surface area (Å²) in [5.41, 5.74) is 1.07. The van der Waals surface area contributed by atoms with Gasteiger partial charge in [-0.05, 0) is 24.6 Å². The first-order valence-corrected chi connectivity index (χ1v) is 6.02. The van der Waals surface area contributed by atoms with Crippen molar-refractivity contribution in [1.29, 1.82) is 0 Å². The average Bonchev–Trinajstić information content (AvgIpc) is 2.46. The minimum atomic E-state index is -1.25. The normalized spacial score (nSPS) is 10.1. The lowest BCUT2D eigenvalue weighted by Crippen LogP contribution is -2.10. The van der Waals surface area contributed by atoms with E-state index in [4.69, 9.17) is 5.11 Å². The SMILES string of the molecule is Cc1cccnc1CNc1nc(C(=O)O)ccc1[N+](=O)[O-]. The topological polar surface area (TPSA) is 118 Å². The Kier molecular flexibility index (Phi) is 4.07. The molecule has 0 radical (unpaired) electrons. The van der Waals surface area contributed by atoms with E-state index in [-0.39, 0.29) is 23.7 Å². The number of hydrogen-bond donors (Lipinski definition) is 2. The van der Waals surface area contributed by atoms with Gasteiger partial charge in [0.05, 0.1) is 17.2 Å². The summed E-state index contributed by atoms with van der Waals surface area (Å²) in [4.78, 5) is 29.1. The van der Waals surface area contributed by atoms with E-state index in [0.29, 0.717) is 5.69 Å². The highest BCUT2D eigenvalue weighted by Gasteiger charge is 2.18. The number of carbonyl (C=O) groups is 1. The molecule has 2 N–H and O–H groups in total. The van der Waals surface area contributed by atoms with Crippen LogP contribution in [-0.4, -0.2) is 26.0 Å². The zero-order valence-electron chi connectivity index (χ0n) is 11.1. The van der Waals surface area contributed by atoms with Crippen molar-refractivity contribution in [3.8, 4) is 0 Å². The highest BCUT2D eigenvalue weighted by atomic mass is 16.6. The first-order valence-electron chi connectivity index (χ1n) is 6.02. The summed E-state index contributed by atoms with van der Waals surface area (Å²) in [5.74, 6) is -1.34. The Morgan fingerprint density at radius 3 is 2.81 bits per heavy atom. The molecule has 0 bridgehead atoms. The molecule has 21 heavy (non-hydrogen) atoms. The van der Waals surface area contributed by atoms with Crippen LogP contribution in [0.5, 0.6) is 0 Å². The van der Waals surface area contributed by atoms with Gasteiger partial charge < -0.3 is 10.4 Å². The second-order valence-electron chi connectivity index (χ2n) is 4.25. The number of nitro groups is 1. The van der Waals surface area contributed by atoms with Crippen molar-refractivity contribution in [2.75, 3.05) is 5.32 Å². The zero-order valence-corrected chi connectivity index (χ0v) is 11.1. The number of anilines is 1. The van der Waals surface area contributed by atoms with Crippen LogP contribution in [0.1, 0.15) is 21.7 Å². The number of pyridine rings is 2. The van der Waals surface area contributed by atoms with Crippen molar-refractivity contribution in [2.45, 2.75) is 13.5 Å². The number of rotatable bonds is 5. The first kappa shape index (κ1) is 14.4. The second kappa shape index (κ2) is 5.95. The van der Waals surface area contributed by atoms with E-state index in [2.05, 4.69) is 15.3 Å². The van der Waals surface area contributed by atoms with Gasteiger partial charge >= 0.3 is 11.7 Å². The summed E-state index contributed by atoms with van der Waals surface area (Å²) in [6.07, 6.45) is 1.61. The summed E-state index contributed by atoms with van der Waals surface area (Å²) in [7, 11) is 0. The van der Waals surface area contributed by atoms with Crippen LogP contribution in [0.25, 0.3) is 0 Å². The van der Waals surface area contributed by atoms with E-state index in [1.54, 1.807) is 12.3 Å². The van der Waals surface area contributed by atoms with E-state index in [0.717, 1.165) is 17.7 Å². The van der Waals surface area contributed by atoms with Gasteiger partial charge in [-0.25, -0.2) is 9.78 Å². The van der Waals surface area contributed by atoms with Crippen molar-refractivity contribution < 1.29 is 14.8 Å². The maximum absolute atomic E-state index is 10.9. The molecule has 8 heteroatoms. The molecule has 0 saturated carbocycles. The first-order chi connectivity index (χ1) is 9.99. The Morgan fingerprint density at radius 1 is 1.43 bits per heavy atom. The molecule has 0 aliphatic rings. The van der Waals surface area contributed by atoms with Gasteiger partial charge in [0.1, 0.15) is 0 Å². The number of carboxylic acids is 1. The van der Waals surface area contributed by atoms with E-state index in [1.165, 1.54) is 0 Å². The Labute approximate surface area is 119 Å². The molecule has 8 nitrogen and oxygen atoms in total. The molecule has 2 rings (SSSR count). The number of carboxylic acid groups (broad SMARTS) is 1. The average molecular weight is 288 g/mol. The van der Waals surface area contributed by atoms with Crippen LogP contribution in [0.4, 0.5) is 11.5 Å². The molecule has 0 fully saturated rings. The lowest BCUT2D eigenvalue weighted by molar-refractivity contribution is -0.384. The van der Waals surface area contributed by atoms with Gasteiger partial charge in [-0.15, -0.1) is 0 Å². The minimum Gasteiger partial charge on any atom is -0.477 e. The lowest BCUT2D eigenvalue weighted by atomic mass is 10.2. The molecule has 0 spiro atoms. The maximum Gasteiger partial charge on any atom is 0.354 e. The van der Waals surface area contributed by atoms with Gasteiger partial charge in [0.25, 0.3) is 0 Å². The highest BCUT2D eigenvalue weighted by Crippen LogP contribution is 2.22. The summed E-state index contributed by atoms with van der Waals surface area (Å²) in [6.45, 7) is 2.07. The lowest BCUT2D eigenvalue weighted by Gasteiger charge is -2.08. The van der Waals surface area contributed by atoms with Gasteiger partial charge in [-0.3, -0.25) is 15.1 Å². The van der Waals surface area contributed by atoms with Crippen LogP contribution in [0.3, 0.4) is 0 Å². The second-order valence-corrected chi connectivity index (χ2v) is 4.25. The van der Waals surface area contributed by atoms with E-state index < -0.39 is 10.9 Å². The van der Waals surface area contributed by atoms with E-state index >= 15 is 0 Å². The van der Waals surface area contributed by atoms with Crippen LogP contribution in [-0.2, 0) is 6.54 Å². The van der Waals surface area contributed by atoms with Crippen LogP contribution < -0.4 is 5.32 Å². The predicted molar refractivity (Wildman–Crippen MR) is 74.2 cm³/mol. The van der Waals surface area contributed by atoms with Crippen molar-refractivity contribution in [3.63, 3.8) is 0 Å². The number of nitrogens with zero attached hydrogens (tertiary/aromatic N) is 3. The Hall–Kier alpha value is -3.03. The van der Waals surface area contributed by atoms with Crippen molar-refractivity contribution >= 4 is 17.5 Å². The fourth-order valence-corrected chi connectivity index (χ4v) is 1.72. The van der Waals surface area contributed by atoms with Crippen molar-refractivity contribution in [2.24, 2.45) is 0 Å². The zero-order chi connectivity index (χ0) is 15.4. The fourth-order valence-electron chi connectivity index (χ4n) is 1.72. The summed E-state index contributed by atoms with van der Waals surface area (Å²) < 4.78 is 0. The third-order valence-corrected chi connectivity index (χ3v) is 2.83. The molecule has 0 unspecified atom stereocenters. The van der Waals surface area contributed by atoms with Gasteiger partial charge in [-0.1, -0.05) is 6.07 Å². The smallest absolute Gasteiger partial charge is 0.354 e. The quantitative estimate of drug-likeness (QED) is 0.638. The largest absolute Gasteiger partial charge is 0.477 e. The molecule has 0 aliphatic carbocycles. The Bertz CT molecular complexity index is 702. The number of aromatic carboxylic acids is 1. The van der Waals surface area contributed by atoms with Crippen molar-refractivity contribution in [1.82, 2.24) is 9.97 Å². The van der Waals surface area contributed by atoms with Crippen molar-refractivity contribution in [3.05, 3.63) is 57.5 Å². The van der Waals surface area contributed by atoms with Gasteiger partial charge in [-0.2, -0.15) is 0 Å². The molecule has 0 aliphatic heterocycles. The Balaban J connectivity index is 2.29. The van der Waals surface area contributed by atoms with Gasteiger partial charge in [0.2, 0.25) is 5.82 Å². The molecule has 108 valence electrons. The minimum absolute atomic E-state index is 0.0926. The molecule has 0 aromatic carbocycles.